The molecule has 0 aromatic heterocycles. The second-order valence-corrected chi connectivity index (χ2v) is 8.01. The Morgan fingerprint density at radius 2 is 1.76 bits per heavy atom. The fourth-order valence-corrected chi connectivity index (χ4v) is 3.47. The number of carbonyl (C=O) groups is 1. The number of rotatable bonds is 7. The van der Waals surface area contributed by atoms with Gasteiger partial charge >= 0.3 is 0 Å². The Morgan fingerprint density at radius 1 is 1.08 bits per heavy atom. The molecule has 5 nitrogen and oxygen atoms in total. The van der Waals surface area contributed by atoms with E-state index in [1.165, 1.54) is 12.1 Å². The molecule has 0 aliphatic rings. The molecule has 1 amide bonds. The predicted molar refractivity (Wildman–Crippen MR) is 99.1 cm³/mol. The Balaban J connectivity index is 2.12. The van der Waals surface area contributed by atoms with E-state index in [0.717, 1.165) is 11.1 Å². The zero-order valence-corrected chi connectivity index (χ0v) is 15.6. The Kier molecular flexibility index (Phi) is 6.33. The van der Waals surface area contributed by atoms with Gasteiger partial charge in [0.15, 0.2) is 0 Å². The fraction of sp³-hybridized carbons (Fsp3) is 0.316. The lowest BCUT2D eigenvalue weighted by atomic mass is 10.1. The van der Waals surface area contributed by atoms with E-state index in [2.05, 4.69) is 10.0 Å². The molecular weight excluding hydrogens is 336 g/mol. The number of carbonyl (C=O) groups excluding carboxylic acids is 1. The molecule has 0 fully saturated rings. The van der Waals surface area contributed by atoms with Crippen LogP contribution in [-0.2, 0) is 16.4 Å². The average molecular weight is 360 g/mol. The second kappa shape index (κ2) is 8.27. The number of sulfonamides is 1. The maximum atomic E-state index is 12.5. The highest BCUT2D eigenvalue weighted by molar-refractivity contribution is 7.89. The topological polar surface area (TPSA) is 75.3 Å². The molecule has 0 saturated carbocycles. The molecule has 0 unspecified atom stereocenters. The summed E-state index contributed by atoms with van der Waals surface area (Å²) in [5.41, 5.74) is 2.17. The second-order valence-electron chi connectivity index (χ2n) is 6.24. The summed E-state index contributed by atoms with van der Waals surface area (Å²) in [5, 5.41) is 2.79. The first kappa shape index (κ1) is 19.1. The van der Waals surface area contributed by atoms with Crippen molar-refractivity contribution in [3.05, 3.63) is 65.2 Å². The van der Waals surface area contributed by atoms with Gasteiger partial charge in [0.25, 0.3) is 5.91 Å². The average Bonchev–Trinajstić information content (AvgIpc) is 2.55. The van der Waals surface area contributed by atoms with Crippen LogP contribution in [0.1, 0.15) is 35.3 Å². The minimum atomic E-state index is -3.66. The van der Waals surface area contributed by atoms with E-state index in [1.807, 2.05) is 44.2 Å². The van der Waals surface area contributed by atoms with E-state index in [-0.39, 0.29) is 16.8 Å². The van der Waals surface area contributed by atoms with Crippen molar-refractivity contribution in [2.24, 2.45) is 0 Å². The molecule has 2 aromatic rings. The molecule has 0 atom stereocenters. The van der Waals surface area contributed by atoms with Gasteiger partial charge in [-0.25, -0.2) is 13.1 Å². The van der Waals surface area contributed by atoms with Crippen LogP contribution < -0.4 is 10.0 Å². The van der Waals surface area contributed by atoms with E-state index in [1.54, 1.807) is 13.0 Å². The van der Waals surface area contributed by atoms with Crippen LogP contribution in [0.15, 0.2) is 53.4 Å². The van der Waals surface area contributed by atoms with Crippen molar-refractivity contribution in [3.8, 4) is 0 Å². The summed E-state index contributed by atoms with van der Waals surface area (Å²) in [6.07, 6.45) is 0.604. The lowest BCUT2D eigenvalue weighted by molar-refractivity contribution is 0.0942. The third kappa shape index (κ3) is 5.41. The minimum absolute atomic E-state index is 0.0174. The Hall–Kier alpha value is -2.18. The van der Waals surface area contributed by atoms with Crippen LogP contribution in [-0.4, -0.2) is 26.9 Å². The van der Waals surface area contributed by atoms with Crippen LogP contribution in [0.2, 0.25) is 0 Å². The van der Waals surface area contributed by atoms with Crippen molar-refractivity contribution in [2.45, 2.75) is 38.1 Å². The lowest BCUT2D eigenvalue weighted by Crippen LogP contribution is -2.31. The third-order valence-electron chi connectivity index (χ3n) is 3.73. The quantitative estimate of drug-likeness (QED) is 0.797. The van der Waals surface area contributed by atoms with Crippen LogP contribution in [0.25, 0.3) is 0 Å². The van der Waals surface area contributed by atoms with Gasteiger partial charge in [0.1, 0.15) is 0 Å². The van der Waals surface area contributed by atoms with Crippen LogP contribution in [0, 0.1) is 6.92 Å². The molecule has 0 saturated heterocycles. The maximum absolute atomic E-state index is 12.5. The van der Waals surface area contributed by atoms with Crippen molar-refractivity contribution in [1.29, 1.82) is 0 Å². The molecule has 0 aliphatic carbocycles. The van der Waals surface area contributed by atoms with Crippen molar-refractivity contribution in [2.75, 3.05) is 6.54 Å². The summed E-state index contributed by atoms with van der Waals surface area (Å²) >= 11 is 0. The van der Waals surface area contributed by atoms with Gasteiger partial charge in [-0.05, 0) is 50.5 Å². The zero-order chi connectivity index (χ0) is 18.4. The van der Waals surface area contributed by atoms with Gasteiger partial charge in [0, 0.05) is 18.2 Å². The number of aryl methyl sites for hydroxylation is 1. The van der Waals surface area contributed by atoms with Gasteiger partial charge in [0.05, 0.1) is 4.90 Å². The van der Waals surface area contributed by atoms with Crippen LogP contribution >= 0.6 is 0 Å². The molecule has 0 heterocycles. The van der Waals surface area contributed by atoms with Crippen molar-refractivity contribution < 1.29 is 13.2 Å². The van der Waals surface area contributed by atoms with E-state index >= 15 is 0 Å². The van der Waals surface area contributed by atoms with Crippen LogP contribution in [0.5, 0.6) is 0 Å². The Bertz CT molecular complexity index is 831. The number of amides is 1. The van der Waals surface area contributed by atoms with Crippen molar-refractivity contribution in [3.63, 3.8) is 0 Å². The molecule has 2 N–H and O–H groups in total. The zero-order valence-electron chi connectivity index (χ0n) is 14.7. The van der Waals surface area contributed by atoms with Crippen molar-refractivity contribution in [1.82, 2.24) is 10.0 Å². The molecular formula is C19H24N2O3S. The number of hydrogen-bond donors (Lipinski definition) is 2. The normalized spacial score (nSPS) is 11.5. The summed E-state index contributed by atoms with van der Waals surface area (Å²) < 4.78 is 27.6. The van der Waals surface area contributed by atoms with Gasteiger partial charge in [-0.3, -0.25) is 4.79 Å². The van der Waals surface area contributed by atoms with Gasteiger partial charge in [-0.2, -0.15) is 0 Å². The summed E-state index contributed by atoms with van der Waals surface area (Å²) in [6.45, 7) is 5.81. The SMILES string of the molecule is Cc1ccc(S(=O)(=O)NCCc2ccccc2)cc1C(=O)NC(C)C. The van der Waals surface area contributed by atoms with Gasteiger partial charge in [0.2, 0.25) is 10.0 Å². The van der Waals surface area contributed by atoms with Gasteiger partial charge in [-0.15, -0.1) is 0 Å². The Morgan fingerprint density at radius 3 is 2.40 bits per heavy atom. The predicted octanol–water partition coefficient (Wildman–Crippen LogP) is 2.65. The maximum Gasteiger partial charge on any atom is 0.251 e. The monoisotopic (exact) mass is 360 g/mol. The molecule has 0 radical (unpaired) electrons. The van der Waals surface area contributed by atoms with Gasteiger partial charge in [-0.1, -0.05) is 36.4 Å². The highest BCUT2D eigenvalue weighted by Gasteiger charge is 2.18. The summed E-state index contributed by atoms with van der Waals surface area (Å²) in [5.74, 6) is -0.270. The highest BCUT2D eigenvalue weighted by Crippen LogP contribution is 2.16. The van der Waals surface area contributed by atoms with Gasteiger partial charge < -0.3 is 5.32 Å². The molecule has 2 rings (SSSR count). The lowest BCUT2D eigenvalue weighted by Gasteiger charge is -2.12. The van der Waals surface area contributed by atoms with E-state index in [0.29, 0.717) is 18.5 Å². The number of nitrogens with one attached hydrogen (secondary N) is 2. The van der Waals surface area contributed by atoms with Crippen LogP contribution in [0.4, 0.5) is 0 Å². The van der Waals surface area contributed by atoms with Crippen molar-refractivity contribution >= 4 is 15.9 Å². The van der Waals surface area contributed by atoms with E-state index in [9.17, 15) is 13.2 Å². The summed E-state index contributed by atoms with van der Waals surface area (Å²) in [7, 11) is -3.66. The van der Waals surface area contributed by atoms with Crippen LogP contribution in [0.3, 0.4) is 0 Å². The highest BCUT2D eigenvalue weighted by atomic mass is 32.2. The third-order valence-corrected chi connectivity index (χ3v) is 5.19. The van der Waals surface area contributed by atoms with E-state index in [4.69, 9.17) is 0 Å². The molecule has 0 aliphatic heterocycles. The minimum Gasteiger partial charge on any atom is -0.350 e. The molecule has 2 aromatic carbocycles. The molecule has 134 valence electrons. The first-order valence-electron chi connectivity index (χ1n) is 8.24. The summed E-state index contributed by atoms with van der Waals surface area (Å²) in [6, 6.07) is 14.3. The molecule has 25 heavy (non-hydrogen) atoms. The largest absolute Gasteiger partial charge is 0.350 e. The number of benzene rings is 2. The smallest absolute Gasteiger partial charge is 0.251 e. The standard InChI is InChI=1S/C19H24N2O3S/c1-14(2)21-19(22)18-13-17(10-9-15(18)3)25(23,24)20-12-11-16-7-5-4-6-8-16/h4-10,13-14,20H,11-12H2,1-3H3,(H,21,22). The first-order valence-corrected chi connectivity index (χ1v) is 9.73. The molecule has 0 spiro atoms. The van der Waals surface area contributed by atoms with E-state index < -0.39 is 10.0 Å². The number of hydrogen-bond acceptors (Lipinski definition) is 3. The fourth-order valence-electron chi connectivity index (χ4n) is 2.41. The molecule has 0 bridgehead atoms. The Labute approximate surface area is 149 Å². The summed E-state index contributed by atoms with van der Waals surface area (Å²) in [4.78, 5) is 12.3. The first-order chi connectivity index (χ1) is 11.8. The molecule has 6 heteroatoms.